The molecule has 1 saturated heterocycles. The fourth-order valence-corrected chi connectivity index (χ4v) is 3.08. The monoisotopic (exact) mass is 355 g/mol. The number of nitrogens with zero attached hydrogens (tertiary/aromatic N) is 3. The van der Waals surface area contributed by atoms with E-state index in [0.717, 1.165) is 38.3 Å². The van der Waals surface area contributed by atoms with E-state index in [9.17, 15) is 9.90 Å². The lowest BCUT2D eigenvalue weighted by Crippen LogP contribution is -2.39. The van der Waals surface area contributed by atoms with Gasteiger partial charge in [0.15, 0.2) is 11.5 Å². The van der Waals surface area contributed by atoms with Crippen LogP contribution in [0.15, 0.2) is 28.9 Å². The Bertz CT molecular complexity index is 824. The number of aromatic nitrogens is 2. The molecular weight excluding hydrogens is 330 g/mol. The van der Waals surface area contributed by atoms with Crippen LogP contribution in [0, 0.1) is 24.7 Å². The van der Waals surface area contributed by atoms with Crippen molar-refractivity contribution in [2.45, 2.75) is 45.8 Å². The first-order valence-corrected chi connectivity index (χ1v) is 8.94. The number of rotatable bonds is 3. The molecule has 2 aromatic heterocycles. The van der Waals surface area contributed by atoms with Crippen LogP contribution in [-0.4, -0.2) is 44.2 Å². The normalized spacial score (nSPS) is 15.6. The number of carbonyl (C=O) groups is 1. The number of carbonyl (C=O) groups excluding carboxylic acids is 1. The number of amides is 1. The molecule has 0 saturated carbocycles. The van der Waals surface area contributed by atoms with Gasteiger partial charge in [0.25, 0.3) is 5.91 Å². The maximum atomic E-state index is 12.6. The zero-order valence-corrected chi connectivity index (χ0v) is 15.5. The maximum Gasteiger partial charge on any atom is 0.289 e. The third-order valence-electron chi connectivity index (χ3n) is 4.59. The van der Waals surface area contributed by atoms with E-state index in [-0.39, 0.29) is 5.91 Å². The van der Waals surface area contributed by atoms with E-state index in [1.54, 1.807) is 26.0 Å². The molecule has 1 aliphatic rings. The van der Waals surface area contributed by atoms with Crippen molar-refractivity contribution in [1.82, 2.24) is 14.5 Å². The van der Waals surface area contributed by atoms with Crippen molar-refractivity contribution in [3.05, 3.63) is 41.9 Å². The molecule has 26 heavy (non-hydrogen) atoms. The van der Waals surface area contributed by atoms with Crippen LogP contribution < -0.4 is 0 Å². The lowest BCUT2D eigenvalue weighted by Gasteiger charge is -2.31. The number of furan rings is 1. The number of likely N-dealkylation sites (tertiary alicyclic amines) is 1. The van der Waals surface area contributed by atoms with E-state index in [0.29, 0.717) is 17.4 Å². The summed E-state index contributed by atoms with van der Waals surface area (Å²) in [5, 5.41) is 9.64. The second-order valence-corrected chi connectivity index (χ2v) is 7.34. The highest BCUT2D eigenvalue weighted by molar-refractivity contribution is 5.91. The van der Waals surface area contributed by atoms with Crippen LogP contribution in [0.1, 0.15) is 48.8 Å². The van der Waals surface area contributed by atoms with Gasteiger partial charge in [0.2, 0.25) is 0 Å². The molecule has 0 aliphatic carbocycles. The Hall–Kier alpha value is -2.52. The van der Waals surface area contributed by atoms with Gasteiger partial charge in [-0.15, -0.1) is 0 Å². The van der Waals surface area contributed by atoms with Crippen LogP contribution in [-0.2, 0) is 6.54 Å². The zero-order valence-electron chi connectivity index (χ0n) is 15.5. The topological polar surface area (TPSA) is 71.5 Å². The summed E-state index contributed by atoms with van der Waals surface area (Å²) in [5.41, 5.74) is -1.09. The molecule has 0 atom stereocenters. The maximum absolute atomic E-state index is 12.6. The van der Waals surface area contributed by atoms with Crippen molar-refractivity contribution in [2.24, 2.45) is 5.92 Å². The largest absolute Gasteiger partial charge is 0.443 e. The van der Waals surface area contributed by atoms with Crippen molar-refractivity contribution in [1.29, 1.82) is 0 Å². The van der Waals surface area contributed by atoms with Gasteiger partial charge in [0.05, 0.1) is 0 Å². The quantitative estimate of drug-likeness (QED) is 0.859. The molecular formula is C20H25N3O3. The van der Waals surface area contributed by atoms with Gasteiger partial charge in [0.1, 0.15) is 11.4 Å². The molecule has 0 radical (unpaired) electrons. The number of aryl methyl sites for hydroxylation is 1. The molecule has 3 rings (SSSR count). The zero-order chi connectivity index (χ0) is 18.7. The number of piperidine rings is 1. The van der Waals surface area contributed by atoms with Crippen LogP contribution in [0.25, 0.3) is 0 Å². The predicted octanol–water partition coefficient (Wildman–Crippen LogP) is 2.46. The Labute approximate surface area is 153 Å². The third kappa shape index (κ3) is 4.55. The average molecular weight is 355 g/mol. The van der Waals surface area contributed by atoms with E-state index < -0.39 is 5.60 Å². The predicted molar refractivity (Wildman–Crippen MR) is 97.5 cm³/mol. The molecule has 1 amide bonds. The second-order valence-electron chi connectivity index (χ2n) is 7.34. The van der Waals surface area contributed by atoms with Crippen LogP contribution in [0.3, 0.4) is 0 Å². The lowest BCUT2D eigenvalue weighted by atomic mass is 9.96. The first-order chi connectivity index (χ1) is 12.3. The molecule has 2 aromatic rings. The van der Waals surface area contributed by atoms with Crippen molar-refractivity contribution < 1.29 is 14.3 Å². The average Bonchev–Trinajstić information content (AvgIpc) is 3.22. The van der Waals surface area contributed by atoms with Crippen molar-refractivity contribution in [2.75, 3.05) is 13.1 Å². The highest BCUT2D eigenvalue weighted by Gasteiger charge is 2.25. The van der Waals surface area contributed by atoms with Crippen molar-refractivity contribution in [3.63, 3.8) is 0 Å². The summed E-state index contributed by atoms with van der Waals surface area (Å²) < 4.78 is 7.70. The van der Waals surface area contributed by atoms with E-state index >= 15 is 0 Å². The minimum absolute atomic E-state index is 0.0985. The fraction of sp³-hybridized carbons (Fsp3) is 0.500. The van der Waals surface area contributed by atoms with E-state index in [1.165, 1.54) is 0 Å². The summed E-state index contributed by atoms with van der Waals surface area (Å²) in [7, 11) is 0. The van der Waals surface area contributed by atoms with Crippen LogP contribution in [0.4, 0.5) is 0 Å². The SMILES string of the molecule is Cc1nccn1CC1CCN(C(=O)c2ccc(C#CC(C)(C)O)o2)CC1. The molecule has 0 spiro atoms. The molecule has 138 valence electrons. The Morgan fingerprint density at radius 2 is 2.12 bits per heavy atom. The highest BCUT2D eigenvalue weighted by atomic mass is 16.4. The lowest BCUT2D eigenvalue weighted by molar-refractivity contribution is 0.0650. The smallest absolute Gasteiger partial charge is 0.289 e. The Kier molecular flexibility index (Phi) is 5.19. The molecule has 1 aliphatic heterocycles. The number of imidazole rings is 1. The Morgan fingerprint density at radius 1 is 1.38 bits per heavy atom. The third-order valence-corrected chi connectivity index (χ3v) is 4.59. The molecule has 3 heterocycles. The number of hydrogen-bond donors (Lipinski definition) is 1. The van der Waals surface area contributed by atoms with Crippen molar-refractivity contribution >= 4 is 5.91 Å². The summed E-state index contributed by atoms with van der Waals surface area (Å²) >= 11 is 0. The molecule has 1 fully saturated rings. The molecule has 0 aromatic carbocycles. The first kappa shape index (κ1) is 18.3. The van der Waals surface area contributed by atoms with Crippen LogP contribution in [0.2, 0.25) is 0 Å². The van der Waals surface area contributed by atoms with Gasteiger partial charge in [0, 0.05) is 32.0 Å². The fourth-order valence-electron chi connectivity index (χ4n) is 3.08. The van der Waals surface area contributed by atoms with Crippen molar-refractivity contribution in [3.8, 4) is 11.8 Å². The van der Waals surface area contributed by atoms with Gasteiger partial charge in [-0.1, -0.05) is 5.92 Å². The number of hydrogen-bond acceptors (Lipinski definition) is 4. The Morgan fingerprint density at radius 3 is 2.73 bits per heavy atom. The minimum atomic E-state index is -1.09. The van der Waals surface area contributed by atoms with Gasteiger partial charge < -0.3 is 19.0 Å². The summed E-state index contributed by atoms with van der Waals surface area (Å²) in [6, 6.07) is 3.32. The summed E-state index contributed by atoms with van der Waals surface area (Å²) in [4.78, 5) is 18.7. The molecule has 6 nitrogen and oxygen atoms in total. The summed E-state index contributed by atoms with van der Waals surface area (Å²) in [6.07, 6.45) is 5.76. The molecule has 0 bridgehead atoms. The van der Waals surface area contributed by atoms with E-state index in [4.69, 9.17) is 4.42 Å². The van der Waals surface area contributed by atoms with Crippen LogP contribution in [0.5, 0.6) is 0 Å². The van der Waals surface area contributed by atoms with Crippen LogP contribution >= 0.6 is 0 Å². The van der Waals surface area contributed by atoms with Gasteiger partial charge in [-0.2, -0.15) is 0 Å². The second kappa shape index (κ2) is 7.38. The molecule has 1 N–H and O–H groups in total. The van der Waals surface area contributed by atoms with Gasteiger partial charge in [-0.05, 0) is 57.6 Å². The van der Waals surface area contributed by atoms with E-state index in [2.05, 4.69) is 21.4 Å². The van der Waals surface area contributed by atoms with Gasteiger partial charge in [-0.3, -0.25) is 4.79 Å². The molecule has 6 heteroatoms. The van der Waals surface area contributed by atoms with Gasteiger partial charge >= 0.3 is 0 Å². The van der Waals surface area contributed by atoms with Gasteiger partial charge in [-0.25, -0.2) is 4.98 Å². The number of aliphatic hydroxyl groups is 1. The highest BCUT2D eigenvalue weighted by Crippen LogP contribution is 2.22. The standard InChI is InChI=1S/C20H25N3O3/c1-15-21-10-13-23(15)14-16-7-11-22(12-8-16)19(24)18-5-4-17(26-18)6-9-20(2,3)25/h4-5,10,13,16,25H,7-8,11-12,14H2,1-3H3. The summed E-state index contributed by atoms with van der Waals surface area (Å²) in [5.74, 6) is 7.60. The van der Waals surface area contributed by atoms with E-state index in [1.807, 2.05) is 24.2 Å². The Balaban J connectivity index is 1.56. The minimum Gasteiger partial charge on any atom is -0.443 e. The molecule has 0 unspecified atom stereocenters. The summed E-state index contributed by atoms with van der Waals surface area (Å²) in [6.45, 7) is 7.61. The first-order valence-electron chi connectivity index (χ1n) is 8.94.